The zero-order valence-corrected chi connectivity index (χ0v) is 9.82. The van der Waals surface area contributed by atoms with E-state index in [4.69, 9.17) is 5.11 Å². The summed E-state index contributed by atoms with van der Waals surface area (Å²) in [5.41, 5.74) is 1.31. The molecule has 0 radical (unpaired) electrons. The third-order valence-electron chi connectivity index (χ3n) is 2.40. The van der Waals surface area contributed by atoms with E-state index >= 15 is 0 Å². The van der Waals surface area contributed by atoms with Crippen LogP contribution in [0.15, 0.2) is 47.5 Å². The molecule has 2 aromatic carbocycles. The Labute approximate surface area is 109 Å². The van der Waals surface area contributed by atoms with Crippen LogP contribution < -0.4 is 0 Å². The van der Waals surface area contributed by atoms with Crippen molar-refractivity contribution in [3.05, 3.63) is 53.6 Å². The van der Waals surface area contributed by atoms with Crippen molar-refractivity contribution >= 4 is 17.9 Å². The molecule has 0 aliphatic carbocycles. The Morgan fingerprint density at radius 3 is 2.11 bits per heavy atom. The van der Waals surface area contributed by atoms with Gasteiger partial charge in [-0.2, -0.15) is 0 Å². The van der Waals surface area contributed by atoms with Crippen LogP contribution in [0.1, 0.15) is 15.9 Å². The van der Waals surface area contributed by atoms with Crippen LogP contribution in [0.2, 0.25) is 0 Å². The summed E-state index contributed by atoms with van der Waals surface area (Å²) in [6, 6.07) is 10.2. The van der Waals surface area contributed by atoms with E-state index < -0.39 is 5.97 Å². The number of carboxylic acid groups (broad SMARTS) is 1. The Bertz CT molecular complexity index is 612. The molecule has 0 fully saturated rings. The molecule has 0 saturated carbocycles. The highest BCUT2D eigenvalue weighted by Crippen LogP contribution is 2.20. The summed E-state index contributed by atoms with van der Waals surface area (Å²) in [7, 11) is 0. The third-order valence-corrected chi connectivity index (χ3v) is 2.40. The molecule has 0 unspecified atom stereocenters. The molecular weight excluding hydrogens is 246 g/mol. The second kappa shape index (κ2) is 5.22. The standard InChI is InChI=1S/C14H11NO4/c16-12-5-9(6-13(17)7-12)8-15-11-3-1-10(2-4-11)14(18)19/h1-8,16-17H,(H,18,19)/b15-8+. The minimum absolute atomic E-state index is 0.0531. The van der Waals surface area contributed by atoms with Crippen molar-refractivity contribution in [2.75, 3.05) is 0 Å². The zero-order valence-electron chi connectivity index (χ0n) is 9.82. The summed E-state index contributed by atoms with van der Waals surface area (Å²) in [5, 5.41) is 27.4. The molecule has 19 heavy (non-hydrogen) atoms. The maximum atomic E-state index is 10.7. The van der Waals surface area contributed by atoms with Crippen LogP contribution in [0.3, 0.4) is 0 Å². The number of phenolic OH excluding ortho intramolecular Hbond substituents is 2. The summed E-state index contributed by atoms with van der Waals surface area (Å²) >= 11 is 0. The van der Waals surface area contributed by atoms with Crippen LogP contribution in [-0.2, 0) is 0 Å². The van der Waals surface area contributed by atoms with Gasteiger partial charge in [-0.1, -0.05) is 0 Å². The van der Waals surface area contributed by atoms with Crippen LogP contribution in [0.5, 0.6) is 11.5 Å². The van der Waals surface area contributed by atoms with Gasteiger partial charge in [-0.15, -0.1) is 0 Å². The number of phenols is 2. The van der Waals surface area contributed by atoms with E-state index in [1.54, 1.807) is 12.1 Å². The highest BCUT2D eigenvalue weighted by molar-refractivity contribution is 5.88. The third kappa shape index (κ3) is 3.32. The van der Waals surface area contributed by atoms with Crippen LogP contribution in [0.4, 0.5) is 5.69 Å². The predicted molar refractivity (Wildman–Crippen MR) is 70.4 cm³/mol. The summed E-state index contributed by atoms with van der Waals surface area (Å²) in [6.07, 6.45) is 1.47. The number of aliphatic imine (C=N–C) groups is 1. The van der Waals surface area contributed by atoms with Crippen molar-refractivity contribution in [3.8, 4) is 11.5 Å². The molecule has 0 spiro atoms. The molecule has 0 aliphatic rings. The van der Waals surface area contributed by atoms with Gasteiger partial charge < -0.3 is 15.3 Å². The SMILES string of the molecule is O=C(O)c1ccc(/N=C/c2cc(O)cc(O)c2)cc1. The van der Waals surface area contributed by atoms with Crippen molar-refractivity contribution in [1.82, 2.24) is 0 Å². The number of hydrogen-bond acceptors (Lipinski definition) is 4. The summed E-state index contributed by atoms with van der Waals surface area (Å²) in [4.78, 5) is 14.8. The quantitative estimate of drug-likeness (QED) is 0.737. The molecule has 5 heteroatoms. The average molecular weight is 257 g/mol. The maximum absolute atomic E-state index is 10.7. The van der Waals surface area contributed by atoms with Crippen molar-refractivity contribution < 1.29 is 20.1 Å². The smallest absolute Gasteiger partial charge is 0.335 e. The molecule has 0 aromatic heterocycles. The Kier molecular flexibility index (Phi) is 3.47. The molecule has 0 bridgehead atoms. The summed E-state index contributed by atoms with van der Waals surface area (Å²) in [5.74, 6) is -1.10. The van der Waals surface area contributed by atoms with E-state index in [9.17, 15) is 15.0 Å². The van der Waals surface area contributed by atoms with Gasteiger partial charge >= 0.3 is 5.97 Å². The van der Waals surface area contributed by atoms with Crippen molar-refractivity contribution in [1.29, 1.82) is 0 Å². The molecule has 0 aliphatic heterocycles. The van der Waals surface area contributed by atoms with E-state index in [2.05, 4.69) is 4.99 Å². The minimum Gasteiger partial charge on any atom is -0.508 e. The van der Waals surface area contributed by atoms with Crippen LogP contribution in [0.25, 0.3) is 0 Å². The lowest BCUT2D eigenvalue weighted by Gasteiger charge is -1.98. The number of benzene rings is 2. The monoisotopic (exact) mass is 257 g/mol. The fourth-order valence-electron chi connectivity index (χ4n) is 1.53. The Morgan fingerprint density at radius 1 is 1.00 bits per heavy atom. The van der Waals surface area contributed by atoms with Gasteiger partial charge in [0, 0.05) is 17.8 Å². The lowest BCUT2D eigenvalue weighted by molar-refractivity contribution is 0.0697. The second-order valence-electron chi connectivity index (χ2n) is 3.89. The highest BCUT2D eigenvalue weighted by atomic mass is 16.4. The molecule has 2 rings (SSSR count). The fourth-order valence-corrected chi connectivity index (χ4v) is 1.53. The zero-order chi connectivity index (χ0) is 13.8. The van der Waals surface area contributed by atoms with Gasteiger partial charge in [0.2, 0.25) is 0 Å². The van der Waals surface area contributed by atoms with E-state index in [0.717, 1.165) is 0 Å². The molecule has 3 N–H and O–H groups in total. The van der Waals surface area contributed by atoms with E-state index in [1.165, 1.54) is 36.5 Å². The van der Waals surface area contributed by atoms with Gasteiger partial charge in [-0.3, -0.25) is 4.99 Å². The number of aromatic hydroxyl groups is 2. The molecule has 0 heterocycles. The predicted octanol–water partition coefficient (Wildman–Crippen LogP) is 2.55. The summed E-state index contributed by atoms with van der Waals surface area (Å²) in [6.45, 7) is 0. The molecule has 0 saturated heterocycles. The van der Waals surface area contributed by atoms with Crippen molar-refractivity contribution in [2.45, 2.75) is 0 Å². The number of nitrogens with zero attached hydrogens (tertiary/aromatic N) is 1. The lowest BCUT2D eigenvalue weighted by atomic mass is 10.2. The van der Waals surface area contributed by atoms with Gasteiger partial charge in [0.25, 0.3) is 0 Å². The average Bonchev–Trinajstić information content (AvgIpc) is 2.36. The summed E-state index contributed by atoms with van der Waals surface area (Å²) < 4.78 is 0. The molecule has 2 aromatic rings. The molecule has 0 atom stereocenters. The van der Waals surface area contributed by atoms with Crippen LogP contribution in [0, 0.1) is 0 Å². The maximum Gasteiger partial charge on any atom is 0.335 e. The number of hydrogen-bond donors (Lipinski definition) is 3. The largest absolute Gasteiger partial charge is 0.508 e. The first-order chi connectivity index (χ1) is 9.04. The van der Waals surface area contributed by atoms with Gasteiger partial charge in [-0.05, 0) is 36.4 Å². The van der Waals surface area contributed by atoms with E-state index in [1.807, 2.05) is 0 Å². The van der Waals surface area contributed by atoms with Crippen molar-refractivity contribution in [3.63, 3.8) is 0 Å². The highest BCUT2D eigenvalue weighted by Gasteiger charge is 2.01. The molecule has 96 valence electrons. The molecular formula is C14H11NO4. The Hall–Kier alpha value is -2.82. The van der Waals surface area contributed by atoms with E-state index in [0.29, 0.717) is 11.3 Å². The number of rotatable bonds is 3. The number of aromatic carboxylic acids is 1. The Morgan fingerprint density at radius 2 is 1.58 bits per heavy atom. The van der Waals surface area contributed by atoms with Gasteiger partial charge in [-0.25, -0.2) is 4.79 Å². The normalized spacial score (nSPS) is 10.7. The second-order valence-corrected chi connectivity index (χ2v) is 3.89. The molecule has 0 amide bonds. The minimum atomic E-state index is -0.992. The van der Waals surface area contributed by atoms with Crippen molar-refractivity contribution in [2.24, 2.45) is 4.99 Å². The fraction of sp³-hybridized carbons (Fsp3) is 0. The molecule has 5 nitrogen and oxygen atoms in total. The van der Waals surface area contributed by atoms with Gasteiger partial charge in [0.15, 0.2) is 0 Å². The first-order valence-electron chi connectivity index (χ1n) is 5.45. The Balaban J connectivity index is 2.20. The number of carbonyl (C=O) groups is 1. The van der Waals surface area contributed by atoms with Gasteiger partial charge in [0.1, 0.15) is 11.5 Å². The van der Waals surface area contributed by atoms with E-state index in [-0.39, 0.29) is 17.1 Å². The van der Waals surface area contributed by atoms with Crippen LogP contribution in [-0.4, -0.2) is 27.5 Å². The van der Waals surface area contributed by atoms with Gasteiger partial charge in [0.05, 0.1) is 11.3 Å². The first-order valence-corrected chi connectivity index (χ1v) is 5.45. The first kappa shape index (κ1) is 12.6. The number of carboxylic acids is 1. The van der Waals surface area contributed by atoms with Crippen LogP contribution >= 0.6 is 0 Å². The topological polar surface area (TPSA) is 90.1 Å². The lowest BCUT2D eigenvalue weighted by Crippen LogP contribution is -1.94.